The number of carbonyl (C=O) groups is 2. The molecule has 0 bridgehead atoms. The number of carbonyl (C=O) groups excluding carboxylic acids is 2. The number of methoxy groups -OCH3 is 1. The summed E-state index contributed by atoms with van der Waals surface area (Å²) < 4.78 is 10.3. The van der Waals surface area contributed by atoms with Crippen LogP contribution in [0.2, 0.25) is 5.02 Å². The van der Waals surface area contributed by atoms with Crippen molar-refractivity contribution in [2.45, 2.75) is 0 Å². The number of benzene rings is 2. The molecule has 1 amide bonds. The summed E-state index contributed by atoms with van der Waals surface area (Å²) in [5.41, 5.74) is 2.11. The zero-order valence-electron chi connectivity index (χ0n) is 14.4. The Hall–Kier alpha value is -2.83. The summed E-state index contributed by atoms with van der Waals surface area (Å²) >= 11 is 7.21. The molecule has 0 fully saturated rings. The fourth-order valence-corrected chi connectivity index (χ4v) is 3.45. The van der Waals surface area contributed by atoms with E-state index in [1.807, 2.05) is 41.8 Å². The molecule has 3 aromatic rings. The Balaban J connectivity index is 1.64. The number of hydrogen-bond acceptors (Lipinski definition) is 5. The summed E-state index contributed by atoms with van der Waals surface area (Å²) in [5, 5.41) is 4.90. The minimum absolute atomic E-state index is 0.409. The van der Waals surface area contributed by atoms with Gasteiger partial charge in [-0.3, -0.25) is 4.79 Å². The highest BCUT2D eigenvalue weighted by atomic mass is 35.5. The van der Waals surface area contributed by atoms with E-state index in [1.165, 1.54) is 18.4 Å². The lowest BCUT2D eigenvalue weighted by molar-refractivity contribution is -0.119. The van der Waals surface area contributed by atoms with Crippen molar-refractivity contribution in [2.24, 2.45) is 0 Å². The van der Waals surface area contributed by atoms with Gasteiger partial charge in [0.05, 0.1) is 12.8 Å². The lowest BCUT2D eigenvalue weighted by Gasteiger charge is -2.11. The van der Waals surface area contributed by atoms with Crippen LogP contribution >= 0.6 is 22.9 Å². The predicted octanol–water partition coefficient (Wildman–Crippen LogP) is 4.87. The molecule has 0 saturated carbocycles. The molecule has 0 aliphatic rings. The maximum Gasteiger partial charge on any atom is 0.349 e. The Morgan fingerprint density at radius 3 is 2.63 bits per heavy atom. The Bertz CT molecular complexity index is 956. The number of halogens is 1. The Kier molecular flexibility index (Phi) is 6.11. The molecule has 138 valence electrons. The van der Waals surface area contributed by atoms with E-state index in [0.29, 0.717) is 21.3 Å². The van der Waals surface area contributed by atoms with Gasteiger partial charge in [0.15, 0.2) is 6.61 Å². The highest BCUT2D eigenvalue weighted by Crippen LogP contribution is 2.29. The zero-order valence-corrected chi connectivity index (χ0v) is 16.0. The normalized spacial score (nSPS) is 10.3. The van der Waals surface area contributed by atoms with Gasteiger partial charge in [-0.05, 0) is 35.2 Å². The van der Waals surface area contributed by atoms with Crippen molar-refractivity contribution in [3.05, 3.63) is 69.9 Å². The first-order valence-corrected chi connectivity index (χ1v) is 9.27. The summed E-state index contributed by atoms with van der Waals surface area (Å²) in [6.45, 7) is -0.416. The molecule has 0 atom stereocenters. The van der Waals surface area contributed by atoms with Gasteiger partial charge in [0.2, 0.25) is 0 Å². The summed E-state index contributed by atoms with van der Waals surface area (Å²) in [6.07, 6.45) is 0. The van der Waals surface area contributed by atoms with Crippen LogP contribution in [0.3, 0.4) is 0 Å². The second-order valence-corrected chi connectivity index (χ2v) is 6.85. The molecule has 1 N–H and O–H groups in total. The van der Waals surface area contributed by atoms with Gasteiger partial charge in [0, 0.05) is 10.6 Å². The molecule has 5 nitrogen and oxygen atoms in total. The van der Waals surface area contributed by atoms with Crippen molar-refractivity contribution in [3.8, 4) is 16.9 Å². The number of amides is 1. The fourth-order valence-electron chi connectivity index (χ4n) is 2.47. The predicted molar refractivity (Wildman–Crippen MR) is 107 cm³/mol. The lowest BCUT2D eigenvalue weighted by Crippen LogP contribution is -2.21. The van der Waals surface area contributed by atoms with Crippen LogP contribution < -0.4 is 10.1 Å². The molecular weight excluding hydrogens is 386 g/mol. The average molecular weight is 402 g/mol. The molecular formula is C20H16ClNO4S. The molecule has 0 aliphatic heterocycles. The van der Waals surface area contributed by atoms with Crippen molar-refractivity contribution < 1.29 is 19.1 Å². The number of esters is 1. The van der Waals surface area contributed by atoms with Crippen LogP contribution in [-0.4, -0.2) is 25.6 Å². The van der Waals surface area contributed by atoms with Crippen LogP contribution in [0.1, 0.15) is 9.67 Å². The quantitative estimate of drug-likeness (QED) is 0.598. The van der Waals surface area contributed by atoms with E-state index in [4.69, 9.17) is 21.1 Å². The third kappa shape index (κ3) is 4.67. The van der Waals surface area contributed by atoms with Crippen LogP contribution in [0.5, 0.6) is 5.75 Å². The van der Waals surface area contributed by atoms with Crippen molar-refractivity contribution in [2.75, 3.05) is 19.0 Å². The first-order chi connectivity index (χ1) is 13.1. The van der Waals surface area contributed by atoms with E-state index in [9.17, 15) is 9.59 Å². The first kappa shape index (κ1) is 18.9. The molecule has 0 saturated heterocycles. The Morgan fingerprint density at radius 1 is 1.11 bits per heavy atom. The zero-order chi connectivity index (χ0) is 19.2. The van der Waals surface area contributed by atoms with E-state index in [1.54, 1.807) is 18.2 Å². The van der Waals surface area contributed by atoms with Gasteiger partial charge in [0.25, 0.3) is 5.91 Å². The van der Waals surface area contributed by atoms with Crippen LogP contribution in [-0.2, 0) is 9.53 Å². The largest absolute Gasteiger partial charge is 0.495 e. The van der Waals surface area contributed by atoms with E-state index in [-0.39, 0.29) is 0 Å². The van der Waals surface area contributed by atoms with Crippen molar-refractivity contribution in [1.82, 2.24) is 0 Å². The Labute approximate surface area is 165 Å². The van der Waals surface area contributed by atoms with E-state index in [2.05, 4.69) is 5.32 Å². The third-order valence-electron chi connectivity index (χ3n) is 3.71. The smallest absolute Gasteiger partial charge is 0.349 e. The number of nitrogens with one attached hydrogen (secondary N) is 1. The van der Waals surface area contributed by atoms with E-state index >= 15 is 0 Å². The molecule has 0 radical (unpaired) electrons. The number of hydrogen-bond donors (Lipinski definition) is 1. The van der Waals surface area contributed by atoms with E-state index in [0.717, 1.165) is 11.1 Å². The number of ether oxygens (including phenoxy) is 2. The SMILES string of the molecule is COc1ccc(Cl)cc1NC(=O)COC(=O)c1sccc1-c1ccccc1. The van der Waals surface area contributed by atoms with Gasteiger partial charge in [-0.25, -0.2) is 4.79 Å². The summed E-state index contributed by atoms with van der Waals surface area (Å²) in [4.78, 5) is 25.0. The number of anilines is 1. The molecule has 0 aliphatic carbocycles. The van der Waals surface area contributed by atoms with Gasteiger partial charge >= 0.3 is 5.97 Å². The second kappa shape index (κ2) is 8.70. The number of rotatable bonds is 6. The minimum atomic E-state index is -0.544. The third-order valence-corrected chi connectivity index (χ3v) is 4.83. The van der Waals surface area contributed by atoms with Crippen molar-refractivity contribution in [1.29, 1.82) is 0 Å². The average Bonchev–Trinajstić information content (AvgIpc) is 3.17. The van der Waals surface area contributed by atoms with Crippen molar-refractivity contribution in [3.63, 3.8) is 0 Å². The van der Waals surface area contributed by atoms with Gasteiger partial charge in [-0.2, -0.15) is 0 Å². The standard InChI is InChI=1S/C20H16ClNO4S/c1-25-17-8-7-14(21)11-16(17)22-18(23)12-26-20(24)19-15(9-10-27-19)13-5-3-2-4-6-13/h2-11H,12H2,1H3,(H,22,23). The van der Waals surface area contributed by atoms with Crippen LogP contribution in [0.15, 0.2) is 60.0 Å². The molecule has 1 aromatic heterocycles. The molecule has 2 aromatic carbocycles. The minimum Gasteiger partial charge on any atom is -0.495 e. The van der Waals surface area contributed by atoms with Gasteiger partial charge in [-0.1, -0.05) is 41.9 Å². The van der Waals surface area contributed by atoms with E-state index < -0.39 is 18.5 Å². The molecule has 1 heterocycles. The highest BCUT2D eigenvalue weighted by Gasteiger charge is 2.18. The maximum atomic E-state index is 12.4. The summed E-state index contributed by atoms with van der Waals surface area (Å²) in [7, 11) is 1.49. The van der Waals surface area contributed by atoms with Gasteiger partial charge in [-0.15, -0.1) is 11.3 Å². The molecule has 0 spiro atoms. The lowest BCUT2D eigenvalue weighted by atomic mass is 10.1. The number of thiophene rings is 1. The van der Waals surface area contributed by atoms with Gasteiger partial charge in [0.1, 0.15) is 10.6 Å². The van der Waals surface area contributed by atoms with Crippen LogP contribution in [0.25, 0.3) is 11.1 Å². The first-order valence-electron chi connectivity index (χ1n) is 8.02. The van der Waals surface area contributed by atoms with Crippen LogP contribution in [0.4, 0.5) is 5.69 Å². The monoisotopic (exact) mass is 401 g/mol. The molecule has 7 heteroatoms. The van der Waals surface area contributed by atoms with Gasteiger partial charge < -0.3 is 14.8 Å². The highest BCUT2D eigenvalue weighted by molar-refractivity contribution is 7.12. The van der Waals surface area contributed by atoms with Crippen LogP contribution in [0, 0.1) is 0 Å². The molecule has 0 unspecified atom stereocenters. The second-order valence-electron chi connectivity index (χ2n) is 5.50. The maximum absolute atomic E-state index is 12.4. The topological polar surface area (TPSA) is 64.6 Å². The fraction of sp³-hybridized carbons (Fsp3) is 0.100. The Morgan fingerprint density at radius 2 is 1.89 bits per heavy atom. The molecule has 3 rings (SSSR count). The van der Waals surface area contributed by atoms with Crippen molar-refractivity contribution >= 4 is 40.5 Å². The summed E-state index contributed by atoms with van der Waals surface area (Å²) in [5.74, 6) is -0.567. The molecule has 27 heavy (non-hydrogen) atoms. The summed E-state index contributed by atoms with van der Waals surface area (Å²) in [6, 6.07) is 16.2.